The lowest BCUT2D eigenvalue weighted by molar-refractivity contribution is -0.126. The van der Waals surface area contributed by atoms with Crippen LogP contribution in [0.25, 0.3) is 0 Å². The highest BCUT2D eigenvalue weighted by Gasteiger charge is 2.32. The fraction of sp³-hybridized carbons (Fsp3) is 0.458. The molecule has 1 N–H and O–H groups in total. The van der Waals surface area contributed by atoms with E-state index in [0.717, 1.165) is 24.0 Å². The Bertz CT molecular complexity index is 1020. The van der Waals surface area contributed by atoms with Gasteiger partial charge in [-0.2, -0.15) is 4.31 Å². The molecule has 30 heavy (non-hydrogen) atoms. The lowest BCUT2D eigenvalue weighted by atomic mass is 9.96. The molecule has 160 valence electrons. The van der Waals surface area contributed by atoms with Crippen LogP contribution in [0, 0.1) is 12.8 Å². The van der Waals surface area contributed by atoms with Gasteiger partial charge in [-0.25, -0.2) is 8.42 Å². The molecule has 0 spiro atoms. The van der Waals surface area contributed by atoms with Gasteiger partial charge < -0.3 is 5.32 Å². The molecular formula is C24H30N2O3S. The summed E-state index contributed by atoms with van der Waals surface area (Å²) >= 11 is 0. The molecule has 0 radical (unpaired) electrons. The van der Waals surface area contributed by atoms with Gasteiger partial charge in [-0.1, -0.05) is 35.9 Å². The maximum absolute atomic E-state index is 12.9. The summed E-state index contributed by atoms with van der Waals surface area (Å²) in [6.45, 7) is 4.71. The second kappa shape index (κ2) is 8.52. The first kappa shape index (κ1) is 21.1. The normalized spacial score (nSPS) is 18.7. The Hall–Kier alpha value is -2.18. The fourth-order valence-electron chi connectivity index (χ4n) is 4.49. The number of sulfonamides is 1. The van der Waals surface area contributed by atoms with Gasteiger partial charge in [-0.3, -0.25) is 4.79 Å². The molecule has 0 bridgehead atoms. The van der Waals surface area contributed by atoms with Gasteiger partial charge in [0.2, 0.25) is 15.9 Å². The lowest BCUT2D eigenvalue weighted by Crippen LogP contribution is -2.43. The van der Waals surface area contributed by atoms with Gasteiger partial charge in [0.1, 0.15) is 0 Å². The van der Waals surface area contributed by atoms with Crippen molar-refractivity contribution in [3.05, 3.63) is 64.7 Å². The first-order chi connectivity index (χ1) is 14.3. The number of aryl methyl sites for hydroxylation is 3. The van der Waals surface area contributed by atoms with Crippen LogP contribution in [0.15, 0.2) is 47.4 Å². The van der Waals surface area contributed by atoms with Crippen LogP contribution >= 0.6 is 0 Å². The van der Waals surface area contributed by atoms with Crippen LogP contribution in [0.1, 0.15) is 54.5 Å². The predicted molar refractivity (Wildman–Crippen MR) is 118 cm³/mol. The van der Waals surface area contributed by atoms with E-state index in [0.29, 0.717) is 30.8 Å². The zero-order valence-corrected chi connectivity index (χ0v) is 18.5. The number of benzene rings is 2. The Morgan fingerprint density at radius 2 is 1.70 bits per heavy atom. The Balaban J connectivity index is 1.34. The van der Waals surface area contributed by atoms with Crippen LogP contribution in [-0.2, 0) is 27.7 Å². The van der Waals surface area contributed by atoms with E-state index in [1.165, 1.54) is 21.9 Å². The maximum atomic E-state index is 12.9. The van der Waals surface area contributed by atoms with E-state index in [2.05, 4.69) is 23.5 Å². The molecule has 1 fully saturated rings. The molecule has 2 aliphatic rings. The van der Waals surface area contributed by atoms with Crippen LogP contribution in [0.2, 0.25) is 0 Å². The number of fused-ring (bicyclic) bond motifs is 1. The molecular weight excluding hydrogens is 396 g/mol. The molecule has 2 aromatic carbocycles. The average molecular weight is 427 g/mol. The van der Waals surface area contributed by atoms with Gasteiger partial charge >= 0.3 is 0 Å². The summed E-state index contributed by atoms with van der Waals surface area (Å²) in [6.07, 6.45) is 4.59. The summed E-state index contributed by atoms with van der Waals surface area (Å²) in [5.41, 5.74) is 5.01. The van der Waals surface area contributed by atoms with Crippen LogP contribution in [0.4, 0.5) is 0 Å². The Labute approximate surface area is 179 Å². The number of amides is 1. The second-order valence-electron chi connectivity index (χ2n) is 8.60. The van der Waals surface area contributed by atoms with Gasteiger partial charge in [0.05, 0.1) is 10.9 Å². The Kier molecular flexibility index (Phi) is 5.98. The Morgan fingerprint density at radius 1 is 1.03 bits per heavy atom. The van der Waals surface area contributed by atoms with Crippen molar-refractivity contribution in [3.8, 4) is 0 Å². The fourth-order valence-corrected chi connectivity index (χ4v) is 5.96. The minimum absolute atomic E-state index is 0.0235. The number of hydrogen-bond donors (Lipinski definition) is 1. The summed E-state index contributed by atoms with van der Waals surface area (Å²) in [6, 6.07) is 13.4. The predicted octanol–water partition coefficient (Wildman–Crippen LogP) is 3.76. The molecule has 5 nitrogen and oxygen atoms in total. The highest BCUT2D eigenvalue weighted by molar-refractivity contribution is 7.89. The topological polar surface area (TPSA) is 66.5 Å². The van der Waals surface area contributed by atoms with E-state index in [1.54, 1.807) is 12.1 Å². The van der Waals surface area contributed by atoms with Gasteiger partial charge in [-0.15, -0.1) is 0 Å². The van der Waals surface area contributed by atoms with Gasteiger partial charge in [0.15, 0.2) is 0 Å². The largest absolute Gasteiger partial charge is 0.349 e. The Morgan fingerprint density at radius 3 is 2.40 bits per heavy atom. The number of nitrogens with one attached hydrogen (secondary N) is 1. The van der Waals surface area contributed by atoms with Crippen LogP contribution in [0.3, 0.4) is 0 Å². The number of hydrogen-bond acceptors (Lipinski definition) is 3. The van der Waals surface area contributed by atoms with E-state index in [-0.39, 0.29) is 17.9 Å². The van der Waals surface area contributed by atoms with E-state index in [9.17, 15) is 13.2 Å². The minimum Gasteiger partial charge on any atom is -0.349 e. The van der Waals surface area contributed by atoms with Gasteiger partial charge in [0, 0.05) is 19.0 Å². The molecule has 1 aliphatic heterocycles. The van der Waals surface area contributed by atoms with Crippen molar-refractivity contribution in [1.82, 2.24) is 9.62 Å². The standard InChI is InChI=1S/C24H30N2O3S/c1-17-6-10-23(11-7-17)30(28,29)26-14-12-20(13-15-26)24(27)25-18(2)21-9-8-19-4-3-5-22(19)16-21/h6-11,16,18,20H,3-5,12-15H2,1-2H3,(H,25,27)/t18-/m0/s1. The molecule has 1 aliphatic carbocycles. The lowest BCUT2D eigenvalue weighted by Gasteiger charge is -2.31. The summed E-state index contributed by atoms with van der Waals surface area (Å²) in [5, 5.41) is 3.14. The minimum atomic E-state index is -3.50. The summed E-state index contributed by atoms with van der Waals surface area (Å²) in [7, 11) is -3.50. The van der Waals surface area contributed by atoms with E-state index in [4.69, 9.17) is 0 Å². The third kappa shape index (κ3) is 4.30. The molecule has 4 rings (SSSR count). The van der Waals surface area contributed by atoms with Crippen molar-refractivity contribution < 1.29 is 13.2 Å². The number of rotatable bonds is 5. The zero-order valence-electron chi connectivity index (χ0n) is 17.7. The third-order valence-corrected chi connectivity index (χ3v) is 8.38. The molecule has 2 aromatic rings. The van der Waals surface area contributed by atoms with Crippen LogP contribution in [-0.4, -0.2) is 31.7 Å². The highest BCUT2D eigenvalue weighted by Crippen LogP contribution is 2.27. The SMILES string of the molecule is Cc1ccc(S(=O)(=O)N2CCC(C(=O)N[C@@H](C)c3ccc4c(c3)CCC4)CC2)cc1. The highest BCUT2D eigenvalue weighted by atomic mass is 32.2. The summed E-state index contributed by atoms with van der Waals surface area (Å²) in [5.74, 6) is -0.123. The molecule has 0 unspecified atom stereocenters. The van der Waals surface area contributed by atoms with E-state index in [1.807, 2.05) is 26.0 Å². The number of piperidine rings is 1. The van der Waals surface area contributed by atoms with E-state index < -0.39 is 10.0 Å². The number of carbonyl (C=O) groups excluding carboxylic acids is 1. The van der Waals surface area contributed by atoms with Crippen molar-refractivity contribution in [1.29, 1.82) is 0 Å². The van der Waals surface area contributed by atoms with Crippen molar-refractivity contribution in [3.63, 3.8) is 0 Å². The first-order valence-corrected chi connectivity index (χ1v) is 12.3. The smallest absolute Gasteiger partial charge is 0.243 e. The molecule has 1 saturated heterocycles. The second-order valence-corrected chi connectivity index (χ2v) is 10.5. The monoisotopic (exact) mass is 426 g/mol. The average Bonchev–Trinajstić information content (AvgIpc) is 3.22. The first-order valence-electron chi connectivity index (χ1n) is 10.8. The van der Waals surface area contributed by atoms with Crippen molar-refractivity contribution >= 4 is 15.9 Å². The van der Waals surface area contributed by atoms with Crippen molar-refractivity contribution in [2.75, 3.05) is 13.1 Å². The number of carbonyl (C=O) groups is 1. The van der Waals surface area contributed by atoms with Crippen LogP contribution in [0.5, 0.6) is 0 Å². The van der Waals surface area contributed by atoms with E-state index >= 15 is 0 Å². The molecule has 1 heterocycles. The summed E-state index contributed by atoms with van der Waals surface area (Å²) in [4.78, 5) is 13.1. The van der Waals surface area contributed by atoms with Crippen molar-refractivity contribution in [2.45, 2.75) is 56.9 Å². The van der Waals surface area contributed by atoms with Gasteiger partial charge in [-0.05, 0) is 74.8 Å². The summed E-state index contributed by atoms with van der Waals surface area (Å²) < 4.78 is 27.2. The zero-order chi connectivity index (χ0) is 21.3. The van der Waals surface area contributed by atoms with Crippen LogP contribution < -0.4 is 5.32 Å². The molecule has 0 saturated carbocycles. The maximum Gasteiger partial charge on any atom is 0.243 e. The van der Waals surface area contributed by atoms with Crippen molar-refractivity contribution in [2.24, 2.45) is 5.92 Å². The molecule has 1 amide bonds. The third-order valence-electron chi connectivity index (χ3n) is 6.46. The quantitative estimate of drug-likeness (QED) is 0.792. The van der Waals surface area contributed by atoms with Gasteiger partial charge in [0.25, 0.3) is 0 Å². The molecule has 6 heteroatoms. The molecule has 0 aromatic heterocycles. The number of nitrogens with zero attached hydrogens (tertiary/aromatic N) is 1. The molecule has 1 atom stereocenters.